The molecule has 0 bridgehead atoms. The number of likely N-dealkylation sites (tertiary alicyclic amines) is 1. The Hall–Kier alpha value is -1.62. The van der Waals surface area contributed by atoms with E-state index < -0.39 is 0 Å². The highest BCUT2D eigenvalue weighted by Gasteiger charge is 2.20. The van der Waals surface area contributed by atoms with E-state index in [1.165, 1.54) is 18.6 Å². The molecule has 20 heavy (non-hydrogen) atoms. The Labute approximate surface area is 119 Å². The van der Waals surface area contributed by atoms with Crippen LogP contribution in [0.2, 0.25) is 0 Å². The first-order valence-electron chi connectivity index (χ1n) is 7.19. The molecule has 4 nitrogen and oxygen atoms in total. The number of benzene rings is 1. The van der Waals surface area contributed by atoms with E-state index in [4.69, 9.17) is 5.73 Å². The molecule has 1 aliphatic heterocycles. The molecule has 1 unspecified atom stereocenters. The first-order chi connectivity index (χ1) is 9.69. The lowest BCUT2D eigenvalue weighted by Crippen LogP contribution is -2.40. The van der Waals surface area contributed by atoms with Gasteiger partial charge in [-0.25, -0.2) is 4.39 Å². The van der Waals surface area contributed by atoms with Crippen molar-refractivity contribution in [3.05, 3.63) is 30.1 Å². The zero-order chi connectivity index (χ0) is 14.4. The van der Waals surface area contributed by atoms with Gasteiger partial charge in [-0.05, 0) is 37.5 Å². The largest absolute Gasteiger partial charge is 0.380 e. The Kier molecular flexibility index (Phi) is 5.35. The van der Waals surface area contributed by atoms with Gasteiger partial charge < -0.3 is 16.0 Å². The average Bonchev–Trinajstić information content (AvgIpc) is 2.47. The first kappa shape index (κ1) is 14.8. The Morgan fingerprint density at radius 3 is 2.75 bits per heavy atom. The van der Waals surface area contributed by atoms with Crippen molar-refractivity contribution in [3.63, 3.8) is 0 Å². The first-order valence-corrected chi connectivity index (χ1v) is 7.19. The van der Waals surface area contributed by atoms with Gasteiger partial charge in [-0.3, -0.25) is 4.79 Å². The molecule has 0 saturated carbocycles. The molecule has 1 aromatic carbocycles. The number of nitrogens with one attached hydrogen (secondary N) is 1. The number of rotatable bonds is 5. The normalized spacial score (nSPS) is 16.8. The molecule has 2 rings (SSSR count). The van der Waals surface area contributed by atoms with E-state index in [2.05, 4.69) is 5.32 Å². The molecule has 110 valence electrons. The topological polar surface area (TPSA) is 58.4 Å². The number of piperidine rings is 1. The highest BCUT2D eigenvalue weighted by molar-refractivity contribution is 5.77. The second kappa shape index (κ2) is 7.24. The maximum atomic E-state index is 13.1. The van der Waals surface area contributed by atoms with Crippen molar-refractivity contribution in [1.82, 2.24) is 4.90 Å². The third-order valence-corrected chi connectivity index (χ3v) is 3.61. The van der Waals surface area contributed by atoms with Crippen LogP contribution in [0.5, 0.6) is 0 Å². The molecule has 0 aliphatic carbocycles. The SMILES string of the molecule is NCC(CC(=O)N1CCCCC1)Nc1cccc(F)c1. The van der Waals surface area contributed by atoms with E-state index in [0.717, 1.165) is 25.9 Å². The molecule has 1 fully saturated rings. The number of hydrogen-bond acceptors (Lipinski definition) is 3. The molecule has 1 atom stereocenters. The molecule has 1 amide bonds. The number of hydrogen-bond donors (Lipinski definition) is 2. The van der Waals surface area contributed by atoms with Crippen molar-refractivity contribution >= 4 is 11.6 Å². The minimum absolute atomic E-state index is 0.129. The maximum absolute atomic E-state index is 13.1. The second-order valence-electron chi connectivity index (χ2n) is 5.23. The number of carbonyl (C=O) groups is 1. The summed E-state index contributed by atoms with van der Waals surface area (Å²) in [7, 11) is 0. The van der Waals surface area contributed by atoms with E-state index in [1.807, 2.05) is 4.90 Å². The van der Waals surface area contributed by atoms with Crippen LogP contribution in [0.1, 0.15) is 25.7 Å². The minimum Gasteiger partial charge on any atom is -0.380 e. The summed E-state index contributed by atoms with van der Waals surface area (Å²) in [4.78, 5) is 14.1. The highest BCUT2D eigenvalue weighted by atomic mass is 19.1. The Morgan fingerprint density at radius 2 is 2.10 bits per heavy atom. The smallest absolute Gasteiger partial charge is 0.224 e. The fourth-order valence-electron chi connectivity index (χ4n) is 2.49. The quantitative estimate of drug-likeness (QED) is 0.866. The number of halogens is 1. The maximum Gasteiger partial charge on any atom is 0.224 e. The van der Waals surface area contributed by atoms with Gasteiger partial charge in [0.1, 0.15) is 5.82 Å². The standard InChI is InChI=1S/C15H22FN3O/c16-12-5-4-6-13(9-12)18-14(11-17)10-15(20)19-7-2-1-3-8-19/h4-6,9,14,18H,1-3,7-8,10-11,17H2. The van der Waals surface area contributed by atoms with E-state index in [9.17, 15) is 9.18 Å². The molecule has 3 N–H and O–H groups in total. The van der Waals surface area contributed by atoms with Gasteiger partial charge in [-0.2, -0.15) is 0 Å². The Balaban J connectivity index is 1.89. The van der Waals surface area contributed by atoms with Crippen molar-refractivity contribution in [2.24, 2.45) is 5.73 Å². The monoisotopic (exact) mass is 279 g/mol. The fourth-order valence-corrected chi connectivity index (χ4v) is 2.49. The molecule has 5 heteroatoms. The molecule has 0 aromatic heterocycles. The van der Waals surface area contributed by atoms with Crippen LogP contribution >= 0.6 is 0 Å². The molecule has 0 radical (unpaired) electrons. The lowest BCUT2D eigenvalue weighted by molar-refractivity contribution is -0.132. The fraction of sp³-hybridized carbons (Fsp3) is 0.533. The molecular weight excluding hydrogens is 257 g/mol. The van der Waals surface area contributed by atoms with Gasteiger partial charge in [0.2, 0.25) is 5.91 Å². The average molecular weight is 279 g/mol. The summed E-state index contributed by atoms with van der Waals surface area (Å²) in [5.74, 6) is -0.169. The number of nitrogens with zero attached hydrogens (tertiary/aromatic N) is 1. The predicted octanol–water partition coefficient (Wildman–Crippen LogP) is 1.97. The van der Waals surface area contributed by atoms with Crippen molar-refractivity contribution < 1.29 is 9.18 Å². The van der Waals surface area contributed by atoms with E-state index in [0.29, 0.717) is 18.7 Å². The Bertz CT molecular complexity index is 446. The van der Waals surface area contributed by atoms with Crippen LogP contribution in [-0.4, -0.2) is 36.5 Å². The lowest BCUT2D eigenvalue weighted by atomic mass is 10.1. The van der Waals surface area contributed by atoms with Crippen LogP contribution in [0.15, 0.2) is 24.3 Å². The van der Waals surface area contributed by atoms with Crippen LogP contribution in [0, 0.1) is 5.82 Å². The number of nitrogens with two attached hydrogens (primary N) is 1. The third kappa shape index (κ3) is 4.20. The molecule has 1 aromatic rings. The van der Waals surface area contributed by atoms with Crippen molar-refractivity contribution in [3.8, 4) is 0 Å². The van der Waals surface area contributed by atoms with Gasteiger partial charge in [0.15, 0.2) is 0 Å². The molecule has 1 heterocycles. The van der Waals surface area contributed by atoms with E-state index in [-0.39, 0.29) is 17.8 Å². The van der Waals surface area contributed by atoms with Crippen molar-refractivity contribution in [2.75, 3.05) is 25.0 Å². The van der Waals surface area contributed by atoms with Crippen LogP contribution in [0.3, 0.4) is 0 Å². The van der Waals surface area contributed by atoms with E-state index in [1.54, 1.807) is 12.1 Å². The Morgan fingerprint density at radius 1 is 1.35 bits per heavy atom. The second-order valence-corrected chi connectivity index (χ2v) is 5.23. The van der Waals surface area contributed by atoms with Gasteiger partial charge in [-0.15, -0.1) is 0 Å². The third-order valence-electron chi connectivity index (χ3n) is 3.61. The molecule has 1 aliphatic rings. The minimum atomic E-state index is -0.298. The van der Waals surface area contributed by atoms with Crippen LogP contribution in [0.25, 0.3) is 0 Å². The number of amides is 1. The van der Waals surface area contributed by atoms with Gasteiger partial charge in [-0.1, -0.05) is 6.07 Å². The summed E-state index contributed by atoms with van der Waals surface area (Å²) < 4.78 is 13.1. The summed E-state index contributed by atoms with van der Waals surface area (Å²) in [6, 6.07) is 6.05. The highest BCUT2D eigenvalue weighted by Crippen LogP contribution is 2.14. The van der Waals surface area contributed by atoms with Crippen molar-refractivity contribution in [2.45, 2.75) is 31.7 Å². The predicted molar refractivity (Wildman–Crippen MR) is 77.9 cm³/mol. The zero-order valence-electron chi connectivity index (χ0n) is 11.6. The lowest BCUT2D eigenvalue weighted by Gasteiger charge is -2.28. The summed E-state index contributed by atoms with van der Waals surface area (Å²) in [5, 5.41) is 3.13. The molecular formula is C15H22FN3O. The molecule has 1 saturated heterocycles. The van der Waals surface area contributed by atoms with Crippen LogP contribution in [-0.2, 0) is 4.79 Å². The summed E-state index contributed by atoms with van der Waals surface area (Å²) in [6.45, 7) is 2.03. The molecule has 0 spiro atoms. The zero-order valence-corrected chi connectivity index (χ0v) is 11.6. The summed E-state index contributed by atoms with van der Waals surface area (Å²) in [5.41, 5.74) is 6.37. The van der Waals surface area contributed by atoms with Crippen molar-refractivity contribution in [1.29, 1.82) is 0 Å². The van der Waals surface area contributed by atoms with Gasteiger partial charge in [0, 0.05) is 37.8 Å². The van der Waals surface area contributed by atoms with Gasteiger partial charge in [0.05, 0.1) is 0 Å². The summed E-state index contributed by atoms with van der Waals surface area (Å²) >= 11 is 0. The van der Waals surface area contributed by atoms with Gasteiger partial charge >= 0.3 is 0 Å². The number of anilines is 1. The van der Waals surface area contributed by atoms with Crippen LogP contribution in [0.4, 0.5) is 10.1 Å². The summed E-state index contributed by atoms with van der Waals surface area (Å²) in [6.07, 6.45) is 3.71. The van der Waals surface area contributed by atoms with Gasteiger partial charge in [0.25, 0.3) is 0 Å². The number of carbonyl (C=O) groups excluding carboxylic acids is 1. The van der Waals surface area contributed by atoms with E-state index >= 15 is 0 Å². The van der Waals surface area contributed by atoms with Crippen LogP contribution < -0.4 is 11.1 Å².